The maximum Gasteiger partial charge on any atom is 0.307 e. The summed E-state index contributed by atoms with van der Waals surface area (Å²) >= 11 is 0. The van der Waals surface area contributed by atoms with Crippen molar-refractivity contribution in [2.75, 3.05) is 19.7 Å². The maximum atomic E-state index is 11.0. The summed E-state index contributed by atoms with van der Waals surface area (Å²) in [4.78, 5) is 21.7. The first-order valence-electron chi connectivity index (χ1n) is 4.38. The lowest BCUT2D eigenvalue weighted by molar-refractivity contribution is -0.144. The Morgan fingerprint density at radius 1 is 1.69 bits per heavy atom. The van der Waals surface area contributed by atoms with Gasteiger partial charge in [-0.1, -0.05) is 0 Å². The number of esters is 1. The van der Waals surface area contributed by atoms with Gasteiger partial charge in [0.15, 0.2) is 0 Å². The minimum absolute atomic E-state index is 0.0109. The van der Waals surface area contributed by atoms with E-state index < -0.39 is 0 Å². The molecule has 1 rings (SSSR count). The number of ether oxygens (including phenoxy) is 1. The van der Waals surface area contributed by atoms with Gasteiger partial charge in [0.2, 0.25) is 5.91 Å². The van der Waals surface area contributed by atoms with Crippen molar-refractivity contribution < 1.29 is 14.3 Å². The van der Waals surface area contributed by atoms with Gasteiger partial charge in [0.05, 0.1) is 19.6 Å². The van der Waals surface area contributed by atoms with Crippen LogP contribution in [0.4, 0.5) is 0 Å². The molecule has 1 saturated heterocycles. The summed E-state index contributed by atoms with van der Waals surface area (Å²) in [6, 6.07) is 0.0109. The average molecular weight is 186 g/mol. The Morgan fingerprint density at radius 3 is 3.00 bits per heavy atom. The fourth-order valence-corrected chi connectivity index (χ4v) is 1.17. The molecule has 1 fully saturated rings. The Morgan fingerprint density at radius 2 is 2.46 bits per heavy atom. The molecule has 0 bridgehead atoms. The van der Waals surface area contributed by atoms with Crippen molar-refractivity contribution in [3.8, 4) is 0 Å². The molecule has 0 aromatic heterocycles. The first-order chi connectivity index (χ1) is 6.22. The molecule has 0 spiro atoms. The molecule has 1 unspecified atom stereocenters. The summed E-state index contributed by atoms with van der Waals surface area (Å²) in [5.41, 5.74) is 0. The van der Waals surface area contributed by atoms with Crippen LogP contribution < -0.4 is 10.6 Å². The Bertz CT molecular complexity index is 196. The summed E-state index contributed by atoms with van der Waals surface area (Å²) in [5.74, 6) is -0.253. The molecule has 1 heterocycles. The molecule has 1 aliphatic rings. The van der Waals surface area contributed by atoms with E-state index in [2.05, 4.69) is 10.6 Å². The van der Waals surface area contributed by atoms with E-state index >= 15 is 0 Å². The third-order valence-corrected chi connectivity index (χ3v) is 1.82. The zero-order valence-corrected chi connectivity index (χ0v) is 7.63. The fraction of sp³-hybridized carbons (Fsp3) is 0.750. The number of carbonyl (C=O) groups excluding carboxylic acids is 2. The van der Waals surface area contributed by atoms with E-state index in [1.165, 1.54) is 0 Å². The van der Waals surface area contributed by atoms with E-state index in [1.54, 1.807) is 6.92 Å². The number of carbonyl (C=O) groups is 2. The van der Waals surface area contributed by atoms with E-state index in [0.717, 1.165) is 0 Å². The van der Waals surface area contributed by atoms with Crippen LogP contribution in [0.5, 0.6) is 0 Å². The van der Waals surface area contributed by atoms with Gasteiger partial charge in [-0.05, 0) is 6.92 Å². The Kier molecular flexibility index (Phi) is 3.70. The second kappa shape index (κ2) is 4.81. The van der Waals surface area contributed by atoms with Crippen molar-refractivity contribution in [2.24, 2.45) is 0 Å². The molecule has 0 saturated carbocycles. The lowest BCUT2D eigenvalue weighted by Crippen LogP contribution is -2.52. The van der Waals surface area contributed by atoms with E-state index in [-0.39, 0.29) is 24.5 Å². The molecule has 0 aromatic rings. The number of rotatable bonds is 3. The topological polar surface area (TPSA) is 67.4 Å². The second-order valence-corrected chi connectivity index (χ2v) is 2.89. The lowest BCUT2D eigenvalue weighted by Gasteiger charge is -2.22. The van der Waals surface area contributed by atoms with Crippen LogP contribution in [0.3, 0.4) is 0 Å². The summed E-state index contributed by atoms with van der Waals surface area (Å²) in [5, 5.41) is 5.62. The first-order valence-corrected chi connectivity index (χ1v) is 4.38. The summed E-state index contributed by atoms with van der Waals surface area (Å²) in [6.45, 7) is 2.95. The van der Waals surface area contributed by atoms with Crippen molar-refractivity contribution >= 4 is 11.9 Å². The highest BCUT2D eigenvalue weighted by molar-refractivity contribution is 5.79. The van der Waals surface area contributed by atoms with Crippen LogP contribution in [0.1, 0.15) is 13.3 Å². The number of hydrogen-bond donors (Lipinski definition) is 2. The van der Waals surface area contributed by atoms with E-state index in [4.69, 9.17) is 4.74 Å². The smallest absolute Gasteiger partial charge is 0.307 e. The van der Waals surface area contributed by atoms with E-state index in [9.17, 15) is 9.59 Å². The lowest BCUT2D eigenvalue weighted by atomic mass is 10.2. The van der Waals surface area contributed by atoms with Gasteiger partial charge >= 0.3 is 5.97 Å². The number of hydrogen-bond acceptors (Lipinski definition) is 4. The number of nitrogens with one attached hydrogen (secondary N) is 2. The standard InChI is InChI=1S/C8H14N2O3/c1-2-13-8(12)3-6-4-10-7(11)5-9-6/h6,9H,2-5H2,1H3,(H,10,11). The molecule has 0 aromatic carbocycles. The predicted molar refractivity (Wildman–Crippen MR) is 46.1 cm³/mol. The number of amides is 1. The molecule has 1 amide bonds. The molecule has 74 valence electrons. The minimum Gasteiger partial charge on any atom is -0.466 e. The minimum atomic E-state index is -0.226. The van der Waals surface area contributed by atoms with Gasteiger partial charge in [0, 0.05) is 12.6 Å². The van der Waals surface area contributed by atoms with Crippen LogP contribution in [-0.4, -0.2) is 37.6 Å². The summed E-state index contributed by atoms with van der Waals surface area (Å²) in [7, 11) is 0. The van der Waals surface area contributed by atoms with Crippen LogP contribution in [0.15, 0.2) is 0 Å². The number of piperazine rings is 1. The Labute approximate surface area is 76.8 Å². The van der Waals surface area contributed by atoms with Gasteiger partial charge in [-0.15, -0.1) is 0 Å². The zero-order chi connectivity index (χ0) is 9.68. The Hall–Kier alpha value is -1.10. The Balaban J connectivity index is 2.22. The molecule has 5 heteroatoms. The third kappa shape index (κ3) is 3.42. The normalized spacial score (nSPS) is 22.2. The molecule has 0 aliphatic carbocycles. The second-order valence-electron chi connectivity index (χ2n) is 2.89. The van der Waals surface area contributed by atoms with Crippen LogP contribution in [0.25, 0.3) is 0 Å². The molecule has 5 nitrogen and oxygen atoms in total. The quantitative estimate of drug-likeness (QED) is 0.556. The van der Waals surface area contributed by atoms with Crippen molar-refractivity contribution in [1.29, 1.82) is 0 Å². The molecule has 1 aliphatic heterocycles. The third-order valence-electron chi connectivity index (χ3n) is 1.82. The van der Waals surface area contributed by atoms with Crippen LogP contribution in [0, 0.1) is 0 Å². The van der Waals surface area contributed by atoms with Crippen LogP contribution in [0.2, 0.25) is 0 Å². The summed E-state index contributed by atoms with van der Waals surface area (Å²) < 4.78 is 4.78. The van der Waals surface area contributed by atoms with Crippen molar-refractivity contribution in [3.63, 3.8) is 0 Å². The first kappa shape index (κ1) is 9.98. The fourth-order valence-electron chi connectivity index (χ4n) is 1.17. The van der Waals surface area contributed by atoms with Gasteiger partial charge < -0.3 is 15.4 Å². The zero-order valence-electron chi connectivity index (χ0n) is 7.63. The van der Waals surface area contributed by atoms with E-state index in [0.29, 0.717) is 19.6 Å². The summed E-state index contributed by atoms with van der Waals surface area (Å²) in [6.07, 6.45) is 0.314. The highest BCUT2D eigenvalue weighted by atomic mass is 16.5. The maximum absolute atomic E-state index is 11.0. The molecular weight excluding hydrogens is 172 g/mol. The van der Waals surface area contributed by atoms with Gasteiger partial charge in [-0.25, -0.2) is 0 Å². The highest BCUT2D eigenvalue weighted by Crippen LogP contribution is 1.96. The SMILES string of the molecule is CCOC(=O)CC1CNC(=O)CN1. The van der Waals surface area contributed by atoms with Crippen molar-refractivity contribution in [3.05, 3.63) is 0 Å². The van der Waals surface area contributed by atoms with Gasteiger partial charge in [0.25, 0.3) is 0 Å². The van der Waals surface area contributed by atoms with Crippen LogP contribution in [-0.2, 0) is 14.3 Å². The predicted octanol–water partition coefficient (Wildman–Crippen LogP) is -0.972. The van der Waals surface area contributed by atoms with Gasteiger partial charge in [-0.3, -0.25) is 9.59 Å². The highest BCUT2D eigenvalue weighted by Gasteiger charge is 2.19. The van der Waals surface area contributed by atoms with Gasteiger partial charge in [0.1, 0.15) is 0 Å². The van der Waals surface area contributed by atoms with E-state index in [1.807, 2.05) is 0 Å². The molecule has 0 radical (unpaired) electrons. The molecule has 1 atom stereocenters. The molecule has 2 N–H and O–H groups in total. The molecule has 13 heavy (non-hydrogen) atoms. The monoisotopic (exact) mass is 186 g/mol. The van der Waals surface area contributed by atoms with Crippen molar-refractivity contribution in [1.82, 2.24) is 10.6 Å². The van der Waals surface area contributed by atoms with Crippen LogP contribution >= 0.6 is 0 Å². The largest absolute Gasteiger partial charge is 0.466 e. The van der Waals surface area contributed by atoms with Crippen molar-refractivity contribution in [2.45, 2.75) is 19.4 Å². The molecular formula is C8H14N2O3. The van der Waals surface area contributed by atoms with Gasteiger partial charge in [-0.2, -0.15) is 0 Å². The average Bonchev–Trinajstić information content (AvgIpc) is 2.09.